The number of carboxylic acids is 1. The molecule has 1 saturated carbocycles. The number of allylic oxidation sites excluding steroid dienone is 10. The molecule has 10 unspecified atom stereocenters. The van der Waals surface area contributed by atoms with Crippen molar-refractivity contribution in [1.29, 1.82) is 0 Å². The zero-order valence-corrected chi connectivity index (χ0v) is 51.0. The summed E-state index contributed by atoms with van der Waals surface area (Å²) in [5, 5.41) is 52.1. The molecular weight excluding hydrogens is 1200 g/mol. The van der Waals surface area contributed by atoms with E-state index >= 15 is 9.59 Å². The van der Waals surface area contributed by atoms with E-state index in [1.54, 1.807) is 25.1 Å². The number of carboxylic acid groups (broad SMARTS) is 1. The quantitative estimate of drug-likeness (QED) is 0.0141. The summed E-state index contributed by atoms with van der Waals surface area (Å²) in [5.74, 6) is -4.36. The molecule has 11 rings (SSSR count). The van der Waals surface area contributed by atoms with E-state index in [1.807, 2.05) is 38.1 Å². The third kappa shape index (κ3) is 12.4. The molecule has 0 aromatic heterocycles. The van der Waals surface area contributed by atoms with Gasteiger partial charge in [-0.3, -0.25) is 18.9 Å². The van der Waals surface area contributed by atoms with Crippen LogP contribution in [0.1, 0.15) is 121 Å². The molecule has 1 fully saturated rings. The van der Waals surface area contributed by atoms with E-state index in [0.717, 1.165) is 25.9 Å². The number of benzene rings is 3. The Morgan fingerprint density at radius 1 is 0.976 bits per heavy atom. The van der Waals surface area contributed by atoms with Gasteiger partial charge in [-0.05, 0) is 119 Å². The Labute approximate surface area is 513 Å². The van der Waals surface area contributed by atoms with Crippen LogP contribution in [0.2, 0.25) is 0 Å². The number of fused-ring (bicyclic) bond motifs is 1. The van der Waals surface area contributed by atoms with Crippen molar-refractivity contribution in [2.45, 2.75) is 124 Å². The summed E-state index contributed by atoms with van der Waals surface area (Å²) in [5.41, 5.74) is 4.25. The molecule has 83 heavy (non-hydrogen) atoms. The van der Waals surface area contributed by atoms with E-state index < -0.39 is 70.0 Å². The number of ether oxygens (including phenoxy) is 4. The molecule has 441 valence electrons. The number of aromatic carboxylic acids is 1. The van der Waals surface area contributed by atoms with Crippen molar-refractivity contribution in [2.75, 3.05) is 19.7 Å². The van der Waals surface area contributed by atoms with Crippen LogP contribution in [0.5, 0.6) is 11.5 Å². The predicted molar refractivity (Wildman–Crippen MR) is 318 cm³/mol. The zero-order valence-electron chi connectivity index (χ0n) is 45.6. The maximum Gasteiger partial charge on any atom is 2.00 e. The van der Waals surface area contributed by atoms with Gasteiger partial charge in [0.25, 0.3) is 16.4 Å². The second-order valence-corrected chi connectivity index (χ2v) is 25.9. The maximum atomic E-state index is 15.8. The van der Waals surface area contributed by atoms with E-state index in [1.165, 1.54) is 18.4 Å². The number of nitrogens with one attached hydrogen (secondary N) is 2. The Bertz CT molecular complexity index is 3630. The van der Waals surface area contributed by atoms with Crippen LogP contribution in [0.4, 0.5) is 0 Å². The largest absolute Gasteiger partial charge is 2.00 e. The first-order valence-corrected chi connectivity index (χ1v) is 31.1. The van der Waals surface area contributed by atoms with Crippen molar-refractivity contribution in [1.82, 2.24) is 10.6 Å². The summed E-state index contributed by atoms with van der Waals surface area (Å²) in [7, 11) is -4.55. The molecule has 10 atom stereocenters. The van der Waals surface area contributed by atoms with Crippen molar-refractivity contribution in [3.8, 4) is 11.5 Å². The number of Topliss-reactive ketones (excluding diaryl/α,β-unsaturated/α-hetero) is 3. The number of ketones is 3. The van der Waals surface area contributed by atoms with E-state index in [4.69, 9.17) is 44.2 Å². The standard InChI is InChI=1S/C56H54O15S.C4H12N2S4.Mn/c1-4-31-21-39(58)51(62)56(70-31)71-54-37-20-26(18-29-11-12-30(24-72(65,66)67)41-40(59)23-69-52(29)41)19-35-42(37)47-44(48(54)55(63)64)32(5-2)53-46-33(15-16-68-53)34(49(60)28-13-14-38(57)25(3)17-28)22-36(45(46)47)43(35)50(61)27-9-7-6-8-10-27;7-3(8)5-1-2-6-4(9)10;/h7,9,11-12,15-16,19-22,25,27-28,38-39,45,51,56-58,62H,4-6,8,10,13-14,17-18,23-24H2,1-3H3,(H,63,64)(H,65,66,67);3-10H,1-2H2;/q;;+2/p-2. The summed E-state index contributed by atoms with van der Waals surface area (Å²) >= 11 is 17.4. The number of carbonyl (C=O) groups excluding carboxylic acids is 3. The first-order chi connectivity index (χ1) is 39.1. The van der Waals surface area contributed by atoms with Crippen LogP contribution in [0.15, 0.2) is 94.7 Å². The summed E-state index contributed by atoms with van der Waals surface area (Å²) in [6.45, 7) is 6.76. The Morgan fingerprint density at radius 2 is 1.70 bits per heavy atom. The Hall–Kier alpha value is -4.59. The topological polar surface area (TPSA) is 265 Å². The van der Waals surface area contributed by atoms with E-state index in [2.05, 4.69) is 35.9 Å². The van der Waals surface area contributed by atoms with Gasteiger partial charge < -0.3 is 75.3 Å². The molecule has 8 aliphatic rings. The molecule has 17 nitrogen and oxygen atoms in total. The number of thiol groups is 2. The van der Waals surface area contributed by atoms with Gasteiger partial charge in [0, 0.05) is 76.6 Å². The number of rotatable bonds is 18. The van der Waals surface area contributed by atoms with Crippen LogP contribution < -0.4 is 30.5 Å². The minimum absolute atomic E-state index is 0. The molecule has 23 heteroatoms. The molecule has 0 spiro atoms. The number of hydrogen-bond donors (Lipinski definition) is 9. The van der Waals surface area contributed by atoms with Gasteiger partial charge in [-0.15, -0.1) is 0 Å². The molecule has 3 aromatic rings. The summed E-state index contributed by atoms with van der Waals surface area (Å²) < 4.78 is 58.7. The SMILES string of the molecule is CCC1=CC(O)C(O)C(Oc2c(C(=O)O)c3c4c5c(cc(Cc6ccc(CS(=O)(=O)O)c7c6OCC7=O)cc25)=C(C(=O)C2C=CCCC2)C2=CC(C(=O)C5CCC(O)C(C)C5)=C5C=COC(=C5C24)C=3CC)O1.[Mn+2].[S-]C(S)NCCNC([S-])S. The van der Waals surface area contributed by atoms with Crippen molar-refractivity contribution >= 4 is 106 Å². The summed E-state index contributed by atoms with van der Waals surface area (Å²) in [6, 6.07) is 6.62. The molecule has 0 bridgehead atoms. The van der Waals surface area contributed by atoms with Crippen LogP contribution in [0.25, 0.3) is 21.9 Å². The van der Waals surface area contributed by atoms with E-state index in [-0.39, 0.29) is 102 Å². The number of carbonyl (C=O) groups is 4. The Kier molecular flexibility index (Phi) is 19.5. The number of aliphatic hydroxyl groups excluding tert-OH is 3. The van der Waals surface area contributed by atoms with Gasteiger partial charge in [-0.1, -0.05) is 60.5 Å². The average molecular weight is 1270 g/mol. The number of aliphatic hydroxyl groups is 3. The van der Waals surface area contributed by atoms with Crippen LogP contribution >= 0.6 is 25.3 Å². The van der Waals surface area contributed by atoms with Crippen LogP contribution in [-0.2, 0) is 83.7 Å². The van der Waals surface area contributed by atoms with Gasteiger partial charge in [0.1, 0.15) is 34.7 Å². The summed E-state index contributed by atoms with van der Waals surface area (Å²) in [6.07, 6.45) is 9.15. The maximum absolute atomic E-state index is 15.8. The van der Waals surface area contributed by atoms with Crippen LogP contribution in [0.3, 0.4) is 0 Å². The fourth-order valence-corrected chi connectivity index (χ4v) is 13.9. The minimum Gasteiger partial charge on any atom is -0.764 e. The molecular formula is C60H64MnN2O15S5. The predicted octanol–water partition coefficient (Wildman–Crippen LogP) is 5.67. The van der Waals surface area contributed by atoms with Crippen molar-refractivity contribution < 1.29 is 88.6 Å². The molecule has 0 saturated heterocycles. The first kappa shape index (κ1) is 62.9. The smallest absolute Gasteiger partial charge is 0.764 e. The fourth-order valence-electron chi connectivity index (χ4n) is 12.8. The zero-order chi connectivity index (χ0) is 58.6. The third-order valence-electron chi connectivity index (χ3n) is 16.5. The van der Waals surface area contributed by atoms with Gasteiger partial charge in [0.05, 0.1) is 23.7 Å². The molecule has 5 aliphatic carbocycles. The molecule has 3 heterocycles. The van der Waals surface area contributed by atoms with Crippen LogP contribution in [0, 0.1) is 17.8 Å². The molecule has 1 radical (unpaired) electrons. The van der Waals surface area contributed by atoms with Gasteiger partial charge in [0.2, 0.25) is 5.78 Å². The van der Waals surface area contributed by atoms with Gasteiger partial charge >= 0.3 is 23.0 Å². The second-order valence-electron chi connectivity index (χ2n) is 21.7. The van der Waals surface area contributed by atoms with Gasteiger partial charge in [-0.2, -0.15) is 33.7 Å². The van der Waals surface area contributed by atoms with Crippen molar-refractivity contribution in [2.24, 2.45) is 17.8 Å². The summed E-state index contributed by atoms with van der Waals surface area (Å²) in [4.78, 5) is 58.4. The fraction of sp³-hybridized carbons (Fsp3) is 0.433. The number of hydrogen-bond acceptors (Lipinski definition) is 19. The second kappa shape index (κ2) is 25.8. The average Bonchev–Trinajstić information content (AvgIpc) is 1.06. The van der Waals surface area contributed by atoms with Crippen LogP contribution in [-0.4, -0.2) is 110 Å². The molecule has 3 aliphatic heterocycles. The normalized spacial score (nSPS) is 25.4. The Morgan fingerprint density at radius 3 is 2.34 bits per heavy atom. The Balaban J connectivity index is 0.000000690. The van der Waals surface area contributed by atoms with Gasteiger partial charge in [0.15, 0.2) is 24.3 Å². The first-order valence-electron chi connectivity index (χ1n) is 27.5. The van der Waals surface area contributed by atoms with E-state index in [0.29, 0.717) is 104 Å². The molecule has 3 aromatic carbocycles. The van der Waals surface area contributed by atoms with Crippen molar-refractivity contribution in [3.63, 3.8) is 0 Å². The minimum atomic E-state index is -4.55. The monoisotopic (exact) mass is 1270 g/mol. The third-order valence-corrected chi connectivity index (χ3v) is 17.8. The molecule has 0 amide bonds. The van der Waals surface area contributed by atoms with Crippen molar-refractivity contribution in [3.05, 3.63) is 139 Å². The van der Waals surface area contributed by atoms with E-state index in [9.17, 15) is 43.0 Å². The van der Waals surface area contributed by atoms with Gasteiger partial charge in [-0.25, -0.2) is 4.79 Å². The molecule has 7 N–H and O–H groups in total.